The lowest BCUT2D eigenvalue weighted by Crippen LogP contribution is -2.55. The van der Waals surface area contributed by atoms with Crippen molar-refractivity contribution in [2.24, 2.45) is 17.8 Å². The van der Waals surface area contributed by atoms with E-state index >= 15 is 0 Å². The molecular weight excluding hydrogens is 346 g/mol. The van der Waals surface area contributed by atoms with Crippen LogP contribution in [0.15, 0.2) is 41.7 Å². The SMILES string of the molecule is CN=C(NCc1ccc(C(N)=O)cc1)N1CCN(c2cnn(C)c2)C(=O)C1. The lowest BCUT2D eigenvalue weighted by atomic mass is 10.1. The second-order valence-corrected chi connectivity index (χ2v) is 6.30. The number of nitrogens with one attached hydrogen (secondary N) is 1. The van der Waals surface area contributed by atoms with E-state index in [0.717, 1.165) is 11.3 Å². The molecule has 0 unspecified atom stereocenters. The number of aliphatic imine (C=N–C) groups is 1. The molecule has 3 N–H and O–H groups in total. The van der Waals surface area contributed by atoms with Crippen molar-refractivity contribution >= 4 is 23.5 Å². The van der Waals surface area contributed by atoms with Crippen LogP contribution in [0, 0.1) is 0 Å². The fourth-order valence-electron chi connectivity index (χ4n) is 2.97. The number of piperazine rings is 1. The number of primary amides is 1. The maximum Gasteiger partial charge on any atom is 0.248 e. The molecule has 1 fully saturated rings. The largest absolute Gasteiger partial charge is 0.366 e. The van der Waals surface area contributed by atoms with E-state index in [1.165, 1.54) is 0 Å². The topological polar surface area (TPSA) is 109 Å². The molecule has 2 amide bonds. The van der Waals surface area contributed by atoms with Crippen molar-refractivity contribution in [2.75, 3.05) is 31.6 Å². The highest BCUT2D eigenvalue weighted by Crippen LogP contribution is 2.16. The van der Waals surface area contributed by atoms with Crippen LogP contribution in [0.3, 0.4) is 0 Å². The summed E-state index contributed by atoms with van der Waals surface area (Å²) < 4.78 is 1.68. The number of carbonyl (C=O) groups is 2. The van der Waals surface area contributed by atoms with Gasteiger partial charge < -0.3 is 20.9 Å². The number of anilines is 1. The molecule has 0 aliphatic carbocycles. The molecule has 9 heteroatoms. The Balaban J connectivity index is 1.58. The number of guanidine groups is 1. The van der Waals surface area contributed by atoms with Gasteiger partial charge in [0.2, 0.25) is 11.8 Å². The number of nitrogens with two attached hydrogens (primary N) is 1. The number of nitrogens with zero attached hydrogens (tertiary/aromatic N) is 5. The average molecular weight is 369 g/mol. The molecule has 2 heterocycles. The average Bonchev–Trinajstić information content (AvgIpc) is 3.09. The van der Waals surface area contributed by atoms with Crippen LogP contribution >= 0.6 is 0 Å². The van der Waals surface area contributed by atoms with E-state index in [2.05, 4.69) is 15.4 Å². The lowest BCUT2D eigenvalue weighted by Gasteiger charge is -2.35. The molecule has 0 radical (unpaired) electrons. The van der Waals surface area contributed by atoms with Crippen molar-refractivity contribution < 1.29 is 9.59 Å². The quantitative estimate of drug-likeness (QED) is 0.580. The molecule has 1 aliphatic heterocycles. The maximum atomic E-state index is 12.5. The van der Waals surface area contributed by atoms with Crippen LogP contribution < -0.4 is 16.0 Å². The highest BCUT2D eigenvalue weighted by molar-refractivity contribution is 5.98. The zero-order valence-electron chi connectivity index (χ0n) is 15.4. The summed E-state index contributed by atoms with van der Waals surface area (Å²) >= 11 is 0. The number of benzene rings is 1. The zero-order valence-corrected chi connectivity index (χ0v) is 15.4. The van der Waals surface area contributed by atoms with E-state index in [-0.39, 0.29) is 12.5 Å². The molecule has 1 aliphatic rings. The van der Waals surface area contributed by atoms with Crippen LogP contribution in [-0.2, 0) is 18.4 Å². The van der Waals surface area contributed by atoms with Crippen molar-refractivity contribution in [3.8, 4) is 0 Å². The van der Waals surface area contributed by atoms with Gasteiger partial charge in [0.15, 0.2) is 5.96 Å². The summed E-state index contributed by atoms with van der Waals surface area (Å²) in [6.07, 6.45) is 3.52. The summed E-state index contributed by atoms with van der Waals surface area (Å²) in [6, 6.07) is 7.06. The van der Waals surface area contributed by atoms with Crippen molar-refractivity contribution in [2.45, 2.75) is 6.54 Å². The van der Waals surface area contributed by atoms with Gasteiger partial charge in [-0.1, -0.05) is 12.1 Å². The number of rotatable bonds is 4. The lowest BCUT2D eigenvalue weighted by molar-refractivity contribution is -0.120. The summed E-state index contributed by atoms with van der Waals surface area (Å²) in [5, 5.41) is 7.38. The highest BCUT2D eigenvalue weighted by atomic mass is 16.2. The fourth-order valence-corrected chi connectivity index (χ4v) is 2.97. The number of hydrogen-bond acceptors (Lipinski definition) is 4. The Morgan fingerprint density at radius 3 is 2.59 bits per heavy atom. The predicted octanol–water partition coefficient (Wildman–Crippen LogP) is -0.0568. The minimum atomic E-state index is -0.449. The van der Waals surface area contributed by atoms with Crippen molar-refractivity contribution in [3.63, 3.8) is 0 Å². The Bertz CT molecular complexity index is 857. The normalized spacial score (nSPS) is 15.2. The van der Waals surface area contributed by atoms with Crippen LogP contribution in [0.5, 0.6) is 0 Å². The van der Waals surface area contributed by atoms with Gasteiger partial charge in [-0.15, -0.1) is 0 Å². The second kappa shape index (κ2) is 7.90. The number of amides is 2. The van der Waals surface area contributed by atoms with Crippen molar-refractivity contribution in [3.05, 3.63) is 47.8 Å². The number of aromatic nitrogens is 2. The summed E-state index contributed by atoms with van der Waals surface area (Å²) in [5.74, 6) is 0.214. The summed E-state index contributed by atoms with van der Waals surface area (Å²) in [5.41, 5.74) is 7.52. The van der Waals surface area contributed by atoms with E-state index < -0.39 is 5.91 Å². The Hall–Kier alpha value is -3.36. The molecule has 0 atom stereocenters. The van der Waals surface area contributed by atoms with Gasteiger partial charge >= 0.3 is 0 Å². The highest BCUT2D eigenvalue weighted by Gasteiger charge is 2.27. The summed E-state index contributed by atoms with van der Waals surface area (Å²) in [7, 11) is 3.52. The monoisotopic (exact) mass is 369 g/mol. The molecule has 9 nitrogen and oxygen atoms in total. The van der Waals surface area contributed by atoms with Gasteiger partial charge in [0.05, 0.1) is 11.9 Å². The Morgan fingerprint density at radius 2 is 2.04 bits per heavy atom. The van der Waals surface area contributed by atoms with Crippen molar-refractivity contribution in [1.82, 2.24) is 20.0 Å². The van der Waals surface area contributed by atoms with E-state index in [0.29, 0.717) is 31.2 Å². The fraction of sp³-hybridized carbons (Fsp3) is 0.333. The minimum absolute atomic E-state index is 0.00279. The molecule has 0 saturated carbocycles. The van der Waals surface area contributed by atoms with E-state index in [1.54, 1.807) is 35.0 Å². The Labute approximate surface area is 157 Å². The molecule has 1 aromatic carbocycles. The first kappa shape index (κ1) is 18.4. The van der Waals surface area contributed by atoms with Gasteiger partial charge in [-0.3, -0.25) is 19.3 Å². The molecule has 0 bridgehead atoms. The molecule has 0 spiro atoms. The third-order valence-electron chi connectivity index (χ3n) is 4.42. The van der Waals surface area contributed by atoms with Gasteiger partial charge in [0, 0.05) is 45.5 Å². The number of aryl methyl sites for hydroxylation is 1. The van der Waals surface area contributed by atoms with Gasteiger partial charge in [-0.05, 0) is 17.7 Å². The zero-order chi connectivity index (χ0) is 19.4. The second-order valence-electron chi connectivity index (χ2n) is 6.30. The molecule has 3 rings (SSSR count). The molecule has 2 aromatic rings. The maximum absolute atomic E-state index is 12.5. The molecule has 142 valence electrons. The van der Waals surface area contributed by atoms with Crippen molar-refractivity contribution in [1.29, 1.82) is 0 Å². The van der Waals surface area contributed by atoms with Gasteiger partial charge in [0.25, 0.3) is 0 Å². The first-order valence-electron chi connectivity index (χ1n) is 8.61. The van der Waals surface area contributed by atoms with E-state index in [9.17, 15) is 9.59 Å². The predicted molar refractivity (Wildman–Crippen MR) is 102 cm³/mol. The molecule has 1 aromatic heterocycles. The number of hydrogen-bond donors (Lipinski definition) is 2. The smallest absolute Gasteiger partial charge is 0.248 e. The number of carbonyl (C=O) groups excluding carboxylic acids is 2. The van der Waals surface area contributed by atoms with Crippen LogP contribution in [0.25, 0.3) is 0 Å². The molecule has 27 heavy (non-hydrogen) atoms. The Morgan fingerprint density at radius 1 is 1.30 bits per heavy atom. The van der Waals surface area contributed by atoms with E-state index in [1.807, 2.05) is 30.3 Å². The van der Waals surface area contributed by atoms with Crippen LogP contribution in [0.1, 0.15) is 15.9 Å². The minimum Gasteiger partial charge on any atom is -0.366 e. The summed E-state index contributed by atoms with van der Waals surface area (Å²) in [4.78, 5) is 31.6. The van der Waals surface area contributed by atoms with Gasteiger partial charge in [-0.25, -0.2) is 0 Å². The van der Waals surface area contributed by atoms with Crippen LogP contribution in [0.2, 0.25) is 0 Å². The first-order valence-corrected chi connectivity index (χ1v) is 8.61. The van der Waals surface area contributed by atoms with Crippen LogP contribution in [-0.4, -0.2) is 59.1 Å². The van der Waals surface area contributed by atoms with Gasteiger partial charge in [-0.2, -0.15) is 5.10 Å². The summed E-state index contributed by atoms with van der Waals surface area (Å²) in [6.45, 7) is 2.01. The molecule has 1 saturated heterocycles. The van der Waals surface area contributed by atoms with E-state index in [4.69, 9.17) is 5.73 Å². The van der Waals surface area contributed by atoms with Crippen LogP contribution in [0.4, 0.5) is 5.69 Å². The Kier molecular flexibility index (Phi) is 5.39. The standard InChI is InChI=1S/C18H23N7O2/c1-20-18(21-9-13-3-5-14(6-4-13)17(19)27)24-7-8-25(16(26)12-24)15-10-22-23(2)11-15/h3-6,10-11H,7-9,12H2,1-2H3,(H2,19,27)(H,20,21). The third kappa shape index (κ3) is 4.25. The molecular formula is C18H23N7O2. The first-order chi connectivity index (χ1) is 13.0. The van der Waals surface area contributed by atoms with Gasteiger partial charge in [0.1, 0.15) is 6.54 Å². The third-order valence-corrected chi connectivity index (χ3v) is 4.42.